The maximum absolute atomic E-state index is 12.1. The number of phenolic OH excluding ortho intramolecular Hbond substituents is 1. The zero-order valence-corrected chi connectivity index (χ0v) is 12.4. The van der Waals surface area contributed by atoms with Gasteiger partial charge in [0.1, 0.15) is 5.75 Å². The van der Waals surface area contributed by atoms with E-state index in [1.165, 1.54) is 12.1 Å². The minimum Gasteiger partial charge on any atom is -0.506 e. The van der Waals surface area contributed by atoms with Gasteiger partial charge in [0.25, 0.3) is 5.91 Å². The zero-order valence-electron chi connectivity index (χ0n) is 10.1. The van der Waals surface area contributed by atoms with Crippen LogP contribution in [0.2, 0.25) is 5.02 Å². The summed E-state index contributed by atoms with van der Waals surface area (Å²) in [6.45, 7) is 1.91. The molecule has 0 aliphatic carbocycles. The predicted octanol–water partition coefficient (Wildman–Crippen LogP) is 4.37. The van der Waals surface area contributed by atoms with Crippen molar-refractivity contribution in [2.45, 2.75) is 6.92 Å². The van der Waals surface area contributed by atoms with E-state index in [1.54, 1.807) is 12.1 Å². The maximum atomic E-state index is 12.1. The number of anilines is 1. The lowest BCUT2D eigenvalue weighted by molar-refractivity contribution is 0.102. The lowest BCUT2D eigenvalue weighted by Gasteiger charge is -2.09. The lowest BCUT2D eigenvalue weighted by Crippen LogP contribution is -2.12. The number of phenols is 1. The van der Waals surface area contributed by atoms with Gasteiger partial charge in [-0.3, -0.25) is 4.79 Å². The third-order valence-electron chi connectivity index (χ3n) is 2.64. The van der Waals surface area contributed by atoms with Crippen LogP contribution in [0, 0.1) is 6.92 Å². The first-order valence-corrected chi connectivity index (χ1v) is 6.71. The molecule has 2 aromatic rings. The molecule has 0 atom stereocenters. The predicted molar refractivity (Wildman–Crippen MR) is 79.9 cm³/mol. The summed E-state index contributed by atoms with van der Waals surface area (Å²) < 4.78 is 0.761. The van der Waals surface area contributed by atoms with E-state index in [2.05, 4.69) is 21.2 Å². The molecule has 5 heteroatoms. The van der Waals surface area contributed by atoms with Crippen molar-refractivity contribution in [3.8, 4) is 5.75 Å². The Bertz CT molecular complexity index is 643. The highest BCUT2D eigenvalue weighted by Gasteiger charge is 2.12. The van der Waals surface area contributed by atoms with Crippen molar-refractivity contribution in [1.29, 1.82) is 0 Å². The molecule has 0 fully saturated rings. The number of benzene rings is 2. The number of hydrogen-bond donors (Lipinski definition) is 2. The average molecular weight is 341 g/mol. The van der Waals surface area contributed by atoms with Gasteiger partial charge in [0, 0.05) is 10.2 Å². The van der Waals surface area contributed by atoms with Gasteiger partial charge in [-0.2, -0.15) is 0 Å². The van der Waals surface area contributed by atoms with Crippen LogP contribution in [0.3, 0.4) is 0 Å². The van der Waals surface area contributed by atoms with Crippen molar-refractivity contribution in [3.63, 3.8) is 0 Å². The van der Waals surface area contributed by atoms with E-state index in [9.17, 15) is 9.90 Å². The molecule has 1 amide bonds. The summed E-state index contributed by atoms with van der Waals surface area (Å²) in [5.41, 5.74) is 2.06. The number of amides is 1. The quantitative estimate of drug-likeness (QED) is 0.798. The van der Waals surface area contributed by atoms with Crippen molar-refractivity contribution in [3.05, 3.63) is 57.0 Å². The number of nitrogens with one attached hydrogen (secondary N) is 1. The molecule has 0 unspecified atom stereocenters. The molecule has 98 valence electrons. The van der Waals surface area contributed by atoms with Crippen molar-refractivity contribution in [2.75, 3.05) is 5.32 Å². The number of carbonyl (C=O) groups excluding carboxylic acids is 1. The molecule has 0 aliphatic rings. The Labute approximate surface area is 124 Å². The molecular weight excluding hydrogens is 330 g/mol. The molecule has 0 spiro atoms. The Hall–Kier alpha value is -1.52. The molecule has 19 heavy (non-hydrogen) atoms. The highest BCUT2D eigenvalue weighted by atomic mass is 79.9. The Morgan fingerprint density at radius 3 is 2.74 bits per heavy atom. The first kappa shape index (κ1) is 13.9. The Balaban J connectivity index is 2.26. The minimum absolute atomic E-state index is 0.0172. The van der Waals surface area contributed by atoms with Crippen LogP contribution in [0.5, 0.6) is 5.75 Å². The molecule has 3 nitrogen and oxygen atoms in total. The van der Waals surface area contributed by atoms with Crippen LogP contribution in [0.25, 0.3) is 0 Å². The molecule has 0 heterocycles. The molecule has 2 N–H and O–H groups in total. The summed E-state index contributed by atoms with van der Waals surface area (Å²) in [5.74, 6) is -0.256. The number of hydrogen-bond acceptors (Lipinski definition) is 2. The third kappa shape index (κ3) is 3.08. The number of carbonyl (C=O) groups is 1. The van der Waals surface area contributed by atoms with Crippen LogP contribution in [-0.2, 0) is 0 Å². The fraction of sp³-hybridized carbons (Fsp3) is 0.0714. The maximum Gasteiger partial charge on any atom is 0.256 e. The van der Waals surface area contributed by atoms with Gasteiger partial charge in [-0.1, -0.05) is 23.7 Å². The van der Waals surface area contributed by atoms with Gasteiger partial charge in [0.2, 0.25) is 0 Å². The second-order valence-electron chi connectivity index (χ2n) is 4.06. The molecule has 0 bridgehead atoms. The molecule has 0 saturated carbocycles. The van der Waals surface area contributed by atoms with E-state index in [0.717, 1.165) is 10.0 Å². The molecule has 0 aliphatic heterocycles. The first-order chi connectivity index (χ1) is 8.99. The Morgan fingerprint density at radius 1 is 1.32 bits per heavy atom. The van der Waals surface area contributed by atoms with Gasteiger partial charge in [-0.15, -0.1) is 0 Å². The number of rotatable bonds is 2. The minimum atomic E-state index is -0.239. The third-order valence-corrected chi connectivity index (χ3v) is 4.00. The van der Waals surface area contributed by atoms with Crippen molar-refractivity contribution in [2.24, 2.45) is 0 Å². The van der Waals surface area contributed by atoms with Gasteiger partial charge in [-0.25, -0.2) is 0 Å². The standard InChI is InChI=1S/C14H11BrClNO2/c1-8-3-2-4-10(13(8)15)14(19)17-9-5-6-12(18)11(16)7-9/h2-7,18H,1H3,(H,17,19). The second kappa shape index (κ2) is 5.63. The van der Waals surface area contributed by atoms with E-state index in [1.807, 2.05) is 19.1 Å². The Kier molecular flexibility index (Phi) is 4.12. The van der Waals surface area contributed by atoms with Crippen LogP contribution < -0.4 is 5.32 Å². The Morgan fingerprint density at radius 2 is 2.05 bits per heavy atom. The summed E-state index contributed by atoms with van der Waals surface area (Å²) in [4.78, 5) is 12.1. The monoisotopic (exact) mass is 339 g/mol. The van der Waals surface area contributed by atoms with E-state index < -0.39 is 0 Å². The zero-order chi connectivity index (χ0) is 14.0. The highest BCUT2D eigenvalue weighted by molar-refractivity contribution is 9.10. The smallest absolute Gasteiger partial charge is 0.256 e. The SMILES string of the molecule is Cc1cccc(C(=O)Nc2ccc(O)c(Cl)c2)c1Br. The van der Waals surface area contributed by atoms with Gasteiger partial charge in [0.15, 0.2) is 0 Å². The summed E-state index contributed by atoms with van der Waals surface area (Å²) in [6.07, 6.45) is 0. The fourth-order valence-corrected chi connectivity index (χ4v) is 2.23. The van der Waals surface area contributed by atoms with Crippen molar-refractivity contribution >= 4 is 39.1 Å². The summed E-state index contributed by atoms with van der Waals surface area (Å²) >= 11 is 9.18. The molecular formula is C14H11BrClNO2. The number of halogens is 2. The first-order valence-electron chi connectivity index (χ1n) is 5.54. The number of aryl methyl sites for hydroxylation is 1. The normalized spacial score (nSPS) is 10.3. The molecule has 2 rings (SSSR count). The summed E-state index contributed by atoms with van der Waals surface area (Å²) in [7, 11) is 0. The van der Waals surface area contributed by atoms with Crippen LogP contribution in [-0.4, -0.2) is 11.0 Å². The van der Waals surface area contributed by atoms with Gasteiger partial charge in [0.05, 0.1) is 10.6 Å². The topological polar surface area (TPSA) is 49.3 Å². The van der Waals surface area contributed by atoms with Crippen LogP contribution in [0.4, 0.5) is 5.69 Å². The molecule has 2 aromatic carbocycles. The molecule has 0 aromatic heterocycles. The molecule has 0 radical (unpaired) electrons. The lowest BCUT2D eigenvalue weighted by atomic mass is 10.1. The van der Waals surface area contributed by atoms with Crippen molar-refractivity contribution in [1.82, 2.24) is 0 Å². The van der Waals surface area contributed by atoms with Crippen LogP contribution in [0.15, 0.2) is 40.9 Å². The van der Waals surface area contributed by atoms with Crippen LogP contribution in [0.1, 0.15) is 15.9 Å². The van der Waals surface area contributed by atoms with Crippen molar-refractivity contribution < 1.29 is 9.90 Å². The average Bonchev–Trinajstić information content (AvgIpc) is 2.37. The van der Waals surface area contributed by atoms with Gasteiger partial charge < -0.3 is 10.4 Å². The highest BCUT2D eigenvalue weighted by Crippen LogP contribution is 2.27. The molecule has 0 saturated heterocycles. The van der Waals surface area contributed by atoms with E-state index in [0.29, 0.717) is 11.3 Å². The summed E-state index contributed by atoms with van der Waals surface area (Å²) in [5, 5.41) is 12.2. The van der Waals surface area contributed by atoms with Gasteiger partial charge in [-0.05, 0) is 52.7 Å². The van der Waals surface area contributed by atoms with E-state index >= 15 is 0 Å². The number of aromatic hydroxyl groups is 1. The van der Waals surface area contributed by atoms with Crippen LogP contribution >= 0.6 is 27.5 Å². The summed E-state index contributed by atoms with van der Waals surface area (Å²) in [6, 6.07) is 9.98. The van der Waals surface area contributed by atoms with Gasteiger partial charge >= 0.3 is 0 Å². The second-order valence-corrected chi connectivity index (χ2v) is 5.26. The largest absolute Gasteiger partial charge is 0.506 e. The van der Waals surface area contributed by atoms with E-state index in [4.69, 9.17) is 11.6 Å². The van der Waals surface area contributed by atoms with E-state index in [-0.39, 0.29) is 16.7 Å². The fourth-order valence-electron chi connectivity index (χ4n) is 1.61.